The monoisotopic (exact) mass is 256 g/mol. The number of nitrogens with zero attached hydrogens (tertiary/aromatic N) is 1. The Kier molecular flexibility index (Phi) is 3.62. The van der Waals surface area contributed by atoms with Gasteiger partial charge in [0.1, 0.15) is 0 Å². The summed E-state index contributed by atoms with van der Waals surface area (Å²) in [7, 11) is 0. The highest BCUT2D eigenvalue weighted by Gasteiger charge is 2.36. The highest BCUT2D eigenvalue weighted by molar-refractivity contribution is 8.00. The number of hydrogen-bond donors (Lipinski definition) is 1. The summed E-state index contributed by atoms with van der Waals surface area (Å²) >= 11 is 3.83. The normalized spacial score (nSPS) is 27.2. The second kappa shape index (κ2) is 4.67. The lowest BCUT2D eigenvalue weighted by Crippen LogP contribution is -2.42. The summed E-state index contributed by atoms with van der Waals surface area (Å²) in [5.41, 5.74) is 7.51. The van der Waals surface area contributed by atoms with E-state index in [9.17, 15) is 0 Å². The fourth-order valence-corrected chi connectivity index (χ4v) is 4.46. The van der Waals surface area contributed by atoms with Crippen LogP contribution < -0.4 is 5.73 Å². The highest BCUT2D eigenvalue weighted by atomic mass is 32.2. The van der Waals surface area contributed by atoms with Gasteiger partial charge in [0.05, 0.1) is 10.7 Å². The summed E-state index contributed by atoms with van der Waals surface area (Å²) in [6.45, 7) is 6.52. The Labute approximate surface area is 106 Å². The maximum Gasteiger partial charge on any atom is 0.0946 e. The Balaban J connectivity index is 2.04. The lowest BCUT2D eigenvalue weighted by Gasteiger charge is -2.29. The summed E-state index contributed by atoms with van der Waals surface area (Å²) in [5, 5.41) is 1.20. The van der Waals surface area contributed by atoms with Gasteiger partial charge in [-0.15, -0.1) is 11.3 Å². The van der Waals surface area contributed by atoms with E-state index in [0.717, 1.165) is 12.1 Å². The zero-order valence-corrected chi connectivity index (χ0v) is 11.9. The number of rotatable bonds is 3. The molecular weight excluding hydrogens is 236 g/mol. The SMILES string of the molecule is Cc1nc(CC(N)C2(C)CCCS2)sc1C. The molecule has 0 amide bonds. The van der Waals surface area contributed by atoms with E-state index >= 15 is 0 Å². The van der Waals surface area contributed by atoms with Crippen LogP contribution in [0.5, 0.6) is 0 Å². The van der Waals surface area contributed by atoms with Crippen molar-refractivity contribution in [2.45, 2.75) is 50.8 Å². The average Bonchev–Trinajstić information content (AvgIpc) is 2.76. The minimum Gasteiger partial charge on any atom is -0.326 e. The van der Waals surface area contributed by atoms with Crippen molar-refractivity contribution in [1.82, 2.24) is 4.98 Å². The summed E-state index contributed by atoms with van der Waals surface area (Å²) in [4.78, 5) is 5.91. The van der Waals surface area contributed by atoms with Crippen LogP contribution in [0.1, 0.15) is 35.3 Å². The second-order valence-corrected chi connectivity index (χ2v) is 7.74. The van der Waals surface area contributed by atoms with Gasteiger partial charge in [-0.05, 0) is 39.4 Å². The third-order valence-electron chi connectivity index (χ3n) is 3.50. The molecule has 1 aromatic rings. The van der Waals surface area contributed by atoms with E-state index in [2.05, 4.69) is 25.8 Å². The average molecular weight is 256 g/mol. The molecule has 2 nitrogen and oxygen atoms in total. The molecule has 1 aliphatic rings. The summed E-state index contributed by atoms with van der Waals surface area (Å²) in [6, 6.07) is 0.241. The van der Waals surface area contributed by atoms with Crippen LogP contribution in [0.2, 0.25) is 0 Å². The van der Waals surface area contributed by atoms with Gasteiger partial charge >= 0.3 is 0 Å². The van der Waals surface area contributed by atoms with Crippen LogP contribution in [0.15, 0.2) is 0 Å². The first-order valence-electron chi connectivity index (χ1n) is 5.84. The zero-order chi connectivity index (χ0) is 11.8. The minimum atomic E-state index is 0.241. The lowest BCUT2D eigenvalue weighted by molar-refractivity contribution is 0.481. The molecule has 0 radical (unpaired) electrons. The Bertz CT molecular complexity index is 348. The minimum absolute atomic E-state index is 0.241. The molecule has 1 aliphatic heterocycles. The van der Waals surface area contributed by atoms with E-state index in [1.54, 1.807) is 11.3 Å². The first-order valence-corrected chi connectivity index (χ1v) is 7.64. The van der Waals surface area contributed by atoms with Crippen molar-refractivity contribution in [2.75, 3.05) is 5.75 Å². The van der Waals surface area contributed by atoms with Crippen LogP contribution in [0.4, 0.5) is 0 Å². The quantitative estimate of drug-likeness (QED) is 0.904. The van der Waals surface area contributed by atoms with E-state index in [1.807, 2.05) is 11.8 Å². The van der Waals surface area contributed by atoms with Gasteiger partial charge in [-0.2, -0.15) is 11.8 Å². The van der Waals surface area contributed by atoms with Gasteiger partial charge in [-0.1, -0.05) is 0 Å². The molecule has 16 heavy (non-hydrogen) atoms. The van der Waals surface area contributed by atoms with Gasteiger partial charge < -0.3 is 5.73 Å². The molecular formula is C12H20N2S2. The van der Waals surface area contributed by atoms with E-state index < -0.39 is 0 Å². The van der Waals surface area contributed by atoms with E-state index in [1.165, 1.54) is 28.5 Å². The van der Waals surface area contributed by atoms with Crippen molar-refractivity contribution in [3.05, 3.63) is 15.6 Å². The van der Waals surface area contributed by atoms with Gasteiger partial charge in [0.25, 0.3) is 0 Å². The van der Waals surface area contributed by atoms with Crippen LogP contribution in [0.3, 0.4) is 0 Å². The summed E-state index contributed by atoms with van der Waals surface area (Å²) < 4.78 is 0.271. The van der Waals surface area contributed by atoms with Crippen LogP contribution >= 0.6 is 23.1 Å². The van der Waals surface area contributed by atoms with Crippen molar-refractivity contribution >= 4 is 23.1 Å². The molecule has 2 heterocycles. The molecule has 4 heteroatoms. The van der Waals surface area contributed by atoms with Gasteiger partial charge in [0.2, 0.25) is 0 Å². The molecule has 2 unspecified atom stereocenters. The summed E-state index contributed by atoms with van der Waals surface area (Å²) in [5.74, 6) is 1.26. The molecule has 1 saturated heterocycles. The first kappa shape index (κ1) is 12.4. The van der Waals surface area contributed by atoms with E-state index in [4.69, 9.17) is 5.73 Å². The maximum atomic E-state index is 6.35. The Morgan fingerprint density at radius 1 is 1.50 bits per heavy atom. The zero-order valence-electron chi connectivity index (χ0n) is 10.2. The third kappa shape index (κ3) is 2.44. The Hall–Kier alpha value is -0.0600. The van der Waals surface area contributed by atoms with Crippen LogP contribution in [0, 0.1) is 13.8 Å². The third-order valence-corrected chi connectivity index (χ3v) is 6.26. The number of aryl methyl sites for hydroxylation is 2. The van der Waals surface area contributed by atoms with Crippen molar-refractivity contribution in [1.29, 1.82) is 0 Å². The summed E-state index contributed by atoms with van der Waals surface area (Å²) in [6.07, 6.45) is 3.50. The smallest absolute Gasteiger partial charge is 0.0946 e. The van der Waals surface area contributed by atoms with Gasteiger partial charge in [-0.25, -0.2) is 4.98 Å². The molecule has 1 aromatic heterocycles. The number of aromatic nitrogens is 1. The molecule has 0 saturated carbocycles. The van der Waals surface area contributed by atoms with Crippen molar-refractivity contribution in [3.63, 3.8) is 0 Å². The van der Waals surface area contributed by atoms with Crippen molar-refractivity contribution < 1.29 is 0 Å². The molecule has 2 atom stereocenters. The second-order valence-electron chi connectivity index (χ2n) is 4.82. The number of thiazole rings is 1. The number of thioether (sulfide) groups is 1. The number of hydrogen-bond acceptors (Lipinski definition) is 4. The van der Waals surface area contributed by atoms with E-state index in [-0.39, 0.29) is 10.8 Å². The Morgan fingerprint density at radius 3 is 2.75 bits per heavy atom. The molecule has 0 aromatic carbocycles. The molecule has 2 rings (SSSR count). The largest absolute Gasteiger partial charge is 0.326 e. The maximum absolute atomic E-state index is 6.35. The molecule has 0 aliphatic carbocycles. The van der Waals surface area contributed by atoms with Gasteiger partial charge in [0.15, 0.2) is 0 Å². The number of nitrogens with two attached hydrogens (primary N) is 1. The molecule has 0 bridgehead atoms. The predicted molar refractivity (Wildman–Crippen MR) is 73.4 cm³/mol. The molecule has 2 N–H and O–H groups in total. The Morgan fingerprint density at radius 2 is 2.25 bits per heavy atom. The van der Waals surface area contributed by atoms with Crippen molar-refractivity contribution in [2.24, 2.45) is 5.73 Å². The first-order chi connectivity index (χ1) is 7.51. The standard InChI is InChI=1S/C12H20N2S2/c1-8-9(2)16-11(14-8)7-10(13)12(3)5-4-6-15-12/h10H,4-7,13H2,1-3H3. The fraction of sp³-hybridized carbons (Fsp3) is 0.750. The van der Waals surface area contributed by atoms with Crippen molar-refractivity contribution in [3.8, 4) is 0 Å². The topological polar surface area (TPSA) is 38.9 Å². The van der Waals surface area contributed by atoms with Crippen LogP contribution in [-0.2, 0) is 6.42 Å². The highest BCUT2D eigenvalue weighted by Crippen LogP contribution is 2.40. The molecule has 1 fully saturated rings. The van der Waals surface area contributed by atoms with Crippen LogP contribution in [0.25, 0.3) is 0 Å². The van der Waals surface area contributed by atoms with Crippen LogP contribution in [-0.4, -0.2) is 21.5 Å². The van der Waals surface area contributed by atoms with Gasteiger partial charge in [0, 0.05) is 22.1 Å². The molecule has 90 valence electrons. The predicted octanol–water partition coefficient (Wildman–Crippen LogP) is 2.92. The lowest BCUT2D eigenvalue weighted by atomic mass is 9.95. The van der Waals surface area contributed by atoms with Gasteiger partial charge in [-0.3, -0.25) is 0 Å². The fourth-order valence-electron chi connectivity index (χ4n) is 2.12. The molecule has 0 spiro atoms. The van der Waals surface area contributed by atoms with E-state index in [0.29, 0.717) is 0 Å².